The van der Waals surface area contributed by atoms with Crippen LogP contribution in [0.2, 0.25) is 0 Å². The van der Waals surface area contributed by atoms with Gasteiger partial charge in [0.2, 0.25) is 0 Å². The zero-order chi connectivity index (χ0) is 16.5. The number of hydrogen-bond donors (Lipinski definition) is 0. The molecule has 1 aromatic heterocycles. The first-order valence-electron chi connectivity index (χ1n) is 6.74. The van der Waals surface area contributed by atoms with Gasteiger partial charge in [-0.15, -0.1) is 0 Å². The second-order valence-electron chi connectivity index (χ2n) is 5.16. The molecule has 22 heavy (non-hydrogen) atoms. The van der Waals surface area contributed by atoms with Crippen LogP contribution in [-0.2, 0) is 19.8 Å². The zero-order valence-electron chi connectivity index (χ0n) is 12.8. The Labute approximate surface area is 126 Å². The fraction of sp³-hybridized carbons (Fsp3) is 0.400. The Balaban J connectivity index is 2.61. The molecule has 0 aliphatic carbocycles. The normalized spacial score (nSPS) is 11.5. The van der Waals surface area contributed by atoms with E-state index in [1.807, 2.05) is 0 Å². The van der Waals surface area contributed by atoms with Crippen LogP contribution in [0.15, 0.2) is 27.4 Å². The summed E-state index contributed by atoms with van der Waals surface area (Å²) in [6.07, 6.45) is 0. The topological polar surface area (TPSA) is 87.7 Å². The Hall–Kier alpha value is -2.57. The van der Waals surface area contributed by atoms with Crippen molar-refractivity contribution in [2.45, 2.75) is 26.3 Å². The number of esters is 2. The van der Waals surface area contributed by atoms with Gasteiger partial charge in [-0.05, 0) is 39.0 Å². The predicted octanol–water partition coefficient (Wildman–Crippen LogP) is 1.68. The van der Waals surface area contributed by atoms with Crippen LogP contribution in [0.1, 0.15) is 31.1 Å². The summed E-state index contributed by atoms with van der Waals surface area (Å²) in [5, 5.41) is 0. The van der Waals surface area contributed by atoms with Crippen molar-refractivity contribution in [3.05, 3.63) is 34.3 Å². The molecule has 0 radical (unpaired) electrons. The maximum atomic E-state index is 12.1. The molecular weight excluding hydrogens is 290 g/mol. The lowest BCUT2D eigenvalue weighted by Gasteiger charge is -2.23. The summed E-state index contributed by atoms with van der Waals surface area (Å²) < 4.78 is 16.0. The summed E-state index contributed by atoms with van der Waals surface area (Å²) in [6, 6.07) is 4.44. The minimum absolute atomic E-state index is 0.199. The molecule has 1 heterocycles. The molecule has 1 aromatic carbocycles. The highest BCUT2D eigenvalue weighted by Gasteiger charge is 2.35. The average molecular weight is 307 g/mol. The number of aromatic nitrogens is 1. The van der Waals surface area contributed by atoms with E-state index < -0.39 is 23.2 Å². The highest BCUT2D eigenvalue weighted by atomic mass is 16.5. The van der Waals surface area contributed by atoms with Crippen molar-refractivity contribution in [3.8, 4) is 0 Å². The maximum absolute atomic E-state index is 12.1. The largest absolute Gasteiger partial charge is 0.465 e. The van der Waals surface area contributed by atoms with E-state index in [0.717, 1.165) is 0 Å². The van der Waals surface area contributed by atoms with Gasteiger partial charge in [-0.2, -0.15) is 0 Å². The number of oxazole rings is 1. The molecule has 0 saturated heterocycles. The van der Waals surface area contributed by atoms with Crippen molar-refractivity contribution in [1.29, 1.82) is 0 Å². The molecular formula is C15H17NO6. The lowest BCUT2D eigenvalue weighted by molar-refractivity contribution is -0.152. The van der Waals surface area contributed by atoms with E-state index in [2.05, 4.69) is 4.74 Å². The summed E-state index contributed by atoms with van der Waals surface area (Å²) in [7, 11) is 1.26. The molecule has 0 atom stereocenters. The molecule has 0 saturated carbocycles. The standard InChI is InChI=1S/C15H17NO6/c1-5-21-13(18)15(2,3)16-10-7-6-9(12(17)20-4)8-11(10)22-14(16)19/h6-8H,5H2,1-4H3. The minimum Gasteiger partial charge on any atom is -0.465 e. The van der Waals surface area contributed by atoms with Crippen LogP contribution in [0, 0.1) is 0 Å². The lowest BCUT2D eigenvalue weighted by Crippen LogP contribution is -2.42. The van der Waals surface area contributed by atoms with E-state index in [1.54, 1.807) is 20.8 Å². The molecule has 118 valence electrons. The second-order valence-corrected chi connectivity index (χ2v) is 5.16. The van der Waals surface area contributed by atoms with Crippen LogP contribution in [0.3, 0.4) is 0 Å². The quantitative estimate of drug-likeness (QED) is 0.799. The van der Waals surface area contributed by atoms with Crippen molar-refractivity contribution < 1.29 is 23.5 Å². The number of nitrogens with zero attached hydrogens (tertiary/aromatic N) is 1. The minimum atomic E-state index is -1.23. The van der Waals surface area contributed by atoms with E-state index in [1.165, 1.54) is 29.9 Å². The first-order valence-corrected chi connectivity index (χ1v) is 6.74. The van der Waals surface area contributed by atoms with Gasteiger partial charge in [0.1, 0.15) is 5.54 Å². The van der Waals surface area contributed by atoms with Gasteiger partial charge < -0.3 is 13.9 Å². The number of fused-ring (bicyclic) bond motifs is 1. The number of rotatable bonds is 4. The van der Waals surface area contributed by atoms with Crippen LogP contribution in [0.25, 0.3) is 11.1 Å². The summed E-state index contributed by atoms with van der Waals surface area (Å²) in [5.41, 5.74) is -0.378. The highest BCUT2D eigenvalue weighted by molar-refractivity contribution is 5.93. The number of carbonyl (C=O) groups is 2. The SMILES string of the molecule is CCOC(=O)C(C)(C)n1c(=O)oc2cc(C(=O)OC)ccc21. The summed E-state index contributed by atoms with van der Waals surface area (Å²) in [5.74, 6) is -1.78. The molecule has 0 aliphatic heterocycles. The Morgan fingerprint density at radius 1 is 1.32 bits per heavy atom. The van der Waals surface area contributed by atoms with Crippen LogP contribution >= 0.6 is 0 Å². The van der Waals surface area contributed by atoms with Crippen LogP contribution in [0.5, 0.6) is 0 Å². The van der Waals surface area contributed by atoms with Gasteiger partial charge in [0.25, 0.3) is 0 Å². The number of ether oxygens (including phenoxy) is 2. The number of hydrogen-bond acceptors (Lipinski definition) is 6. The van der Waals surface area contributed by atoms with Gasteiger partial charge in [-0.25, -0.2) is 14.4 Å². The molecule has 7 nitrogen and oxygen atoms in total. The third-order valence-corrected chi connectivity index (χ3v) is 3.34. The van der Waals surface area contributed by atoms with Crippen molar-refractivity contribution in [2.75, 3.05) is 13.7 Å². The number of carbonyl (C=O) groups excluding carboxylic acids is 2. The van der Waals surface area contributed by atoms with E-state index in [-0.39, 0.29) is 17.8 Å². The predicted molar refractivity (Wildman–Crippen MR) is 77.8 cm³/mol. The van der Waals surface area contributed by atoms with E-state index in [4.69, 9.17) is 9.15 Å². The Bertz CT molecular complexity index is 783. The third kappa shape index (κ3) is 2.49. The van der Waals surface area contributed by atoms with Crippen LogP contribution < -0.4 is 5.76 Å². The molecule has 0 aliphatic rings. The molecule has 0 fully saturated rings. The molecule has 0 unspecified atom stereocenters. The average Bonchev–Trinajstić information content (AvgIpc) is 2.81. The van der Waals surface area contributed by atoms with Gasteiger partial charge in [-0.3, -0.25) is 4.57 Å². The molecule has 0 N–H and O–H groups in total. The van der Waals surface area contributed by atoms with Crippen molar-refractivity contribution in [1.82, 2.24) is 4.57 Å². The highest BCUT2D eigenvalue weighted by Crippen LogP contribution is 2.24. The van der Waals surface area contributed by atoms with Crippen molar-refractivity contribution >= 4 is 23.0 Å². The third-order valence-electron chi connectivity index (χ3n) is 3.34. The summed E-state index contributed by atoms with van der Waals surface area (Å²) in [4.78, 5) is 35.7. The fourth-order valence-corrected chi connectivity index (χ4v) is 2.19. The molecule has 0 spiro atoms. The van der Waals surface area contributed by atoms with Gasteiger partial charge in [0.05, 0.1) is 24.8 Å². The first-order chi connectivity index (χ1) is 10.3. The number of methoxy groups -OCH3 is 1. The monoisotopic (exact) mass is 307 g/mol. The summed E-state index contributed by atoms with van der Waals surface area (Å²) in [6.45, 7) is 5.03. The van der Waals surface area contributed by atoms with Gasteiger partial charge in [-0.1, -0.05) is 0 Å². The molecule has 0 bridgehead atoms. The van der Waals surface area contributed by atoms with E-state index in [0.29, 0.717) is 5.52 Å². The summed E-state index contributed by atoms with van der Waals surface area (Å²) >= 11 is 0. The Morgan fingerprint density at radius 2 is 2.00 bits per heavy atom. The van der Waals surface area contributed by atoms with Gasteiger partial charge in [0.15, 0.2) is 5.58 Å². The Kier molecular flexibility index (Phi) is 4.07. The smallest absolute Gasteiger partial charge is 0.420 e. The van der Waals surface area contributed by atoms with Crippen LogP contribution in [-0.4, -0.2) is 30.2 Å². The van der Waals surface area contributed by atoms with E-state index >= 15 is 0 Å². The first kappa shape index (κ1) is 15.8. The zero-order valence-corrected chi connectivity index (χ0v) is 12.8. The van der Waals surface area contributed by atoms with Crippen LogP contribution in [0.4, 0.5) is 0 Å². The molecule has 0 amide bonds. The van der Waals surface area contributed by atoms with Gasteiger partial charge >= 0.3 is 17.7 Å². The van der Waals surface area contributed by atoms with E-state index in [9.17, 15) is 14.4 Å². The van der Waals surface area contributed by atoms with Gasteiger partial charge in [0, 0.05) is 0 Å². The second kappa shape index (κ2) is 5.67. The number of benzene rings is 1. The lowest BCUT2D eigenvalue weighted by atomic mass is 10.1. The van der Waals surface area contributed by atoms with Crippen molar-refractivity contribution in [3.63, 3.8) is 0 Å². The fourth-order valence-electron chi connectivity index (χ4n) is 2.19. The van der Waals surface area contributed by atoms with Crippen molar-refractivity contribution in [2.24, 2.45) is 0 Å². The Morgan fingerprint density at radius 3 is 2.59 bits per heavy atom. The molecule has 2 aromatic rings. The molecule has 7 heteroatoms. The maximum Gasteiger partial charge on any atom is 0.420 e. The molecule has 2 rings (SSSR count).